The lowest BCUT2D eigenvalue weighted by atomic mass is 9.82. The van der Waals surface area contributed by atoms with Gasteiger partial charge in [-0.25, -0.2) is 0 Å². The summed E-state index contributed by atoms with van der Waals surface area (Å²) in [6.45, 7) is 13.2. The Bertz CT molecular complexity index is 436. The number of nitrogens with zero attached hydrogens (tertiary/aromatic N) is 1. The number of nitrogens with two attached hydrogens (primary N) is 1. The van der Waals surface area contributed by atoms with E-state index in [0.717, 1.165) is 17.8 Å². The van der Waals surface area contributed by atoms with Gasteiger partial charge in [0.2, 0.25) is 0 Å². The molecule has 0 saturated carbocycles. The summed E-state index contributed by atoms with van der Waals surface area (Å²) in [5.74, 6) is 0.545. The van der Waals surface area contributed by atoms with Crippen LogP contribution in [0.15, 0.2) is 40.7 Å². The van der Waals surface area contributed by atoms with E-state index in [1.165, 1.54) is 0 Å². The Balaban J connectivity index is 3.07. The van der Waals surface area contributed by atoms with E-state index in [2.05, 4.69) is 58.7 Å². The van der Waals surface area contributed by atoms with E-state index in [9.17, 15) is 0 Å². The van der Waals surface area contributed by atoms with Crippen molar-refractivity contribution in [2.24, 2.45) is 27.5 Å². The van der Waals surface area contributed by atoms with E-state index in [-0.39, 0.29) is 10.8 Å². The molecule has 0 amide bonds. The van der Waals surface area contributed by atoms with Crippen molar-refractivity contribution >= 4 is 6.21 Å². The summed E-state index contributed by atoms with van der Waals surface area (Å²) >= 11 is 0. The van der Waals surface area contributed by atoms with Crippen molar-refractivity contribution in [3.63, 3.8) is 0 Å². The van der Waals surface area contributed by atoms with Gasteiger partial charge in [-0.15, -0.1) is 0 Å². The topological polar surface area (TPSA) is 38.4 Å². The van der Waals surface area contributed by atoms with Gasteiger partial charge >= 0.3 is 0 Å². The highest BCUT2D eigenvalue weighted by Gasteiger charge is 2.22. The number of aliphatic imine (C=N–C) groups is 1. The molecule has 0 heterocycles. The summed E-state index contributed by atoms with van der Waals surface area (Å²) in [5.41, 5.74) is 7.83. The van der Waals surface area contributed by atoms with E-state index in [0.29, 0.717) is 5.92 Å². The fourth-order valence-electron chi connectivity index (χ4n) is 1.62. The Morgan fingerprint density at radius 3 is 2.58 bits per heavy atom. The fraction of sp³-hybridized carbons (Fsp3) is 0.588. The summed E-state index contributed by atoms with van der Waals surface area (Å²) in [7, 11) is 0. The smallest absolute Gasteiger partial charge is 0.0823 e. The molecule has 0 saturated heterocycles. The molecule has 0 radical (unpaired) electrons. The average molecular weight is 260 g/mol. The Kier molecular flexibility index (Phi) is 4.78. The van der Waals surface area contributed by atoms with E-state index in [1.807, 2.05) is 18.4 Å². The van der Waals surface area contributed by atoms with Crippen molar-refractivity contribution in [3.8, 4) is 0 Å². The fourth-order valence-corrected chi connectivity index (χ4v) is 1.62. The molecule has 0 aromatic carbocycles. The molecule has 0 fully saturated rings. The molecule has 0 bridgehead atoms. The minimum Gasteiger partial charge on any atom is -0.397 e. The lowest BCUT2D eigenvalue weighted by Gasteiger charge is -2.24. The Hall–Kier alpha value is -1.31. The Morgan fingerprint density at radius 2 is 2.05 bits per heavy atom. The maximum atomic E-state index is 6.09. The third kappa shape index (κ3) is 4.09. The second kappa shape index (κ2) is 5.77. The SMILES string of the molecule is CCC1(C)C=CC=C(N)C(N=CC(C)(C)C(C)C)=C1. The highest BCUT2D eigenvalue weighted by Crippen LogP contribution is 2.31. The standard InChI is InChI=1S/C17H28N2/c1-7-17(6)10-8-9-14(18)15(11-17)19-12-16(4,5)13(2)3/h8-13H,7,18H2,1-6H3. The van der Waals surface area contributed by atoms with E-state index in [4.69, 9.17) is 5.73 Å². The molecule has 1 unspecified atom stereocenters. The molecule has 1 aliphatic rings. The van der Waals surface area contributed by atoms with Crippen molar-refractivity contribution in [2.75, 3.05) is 0 Å². The van der Waals surface area contributed by atoms with Crippen molar-refractivity contribution in [2.45, 2.75) is 48.0 Å². The van der Waals surface area contributed by atoms with Crippen LogP contribution >= 0.6 is 0 Å². The molecule has 0 spiro atoms. The minimum atomic E-state index is 0.0340. The van der Waals surface area contributed by atoms with Gasteiger partial charge in [0.25, 0.3) is 0 Å². The van der Waals surface area contributed by atoms with Crippen LogP contribution in [0.4, 0.5) is 0 Å². The van der Waals surface area contributed by atoms with Gasteiger partial charge < -0.3 is 5.73 Å². The van der Waals surface area contributed by atoms with Crippen molar-refractivity contribution in [3.05, 3.63) is 35.7 Å². The Morgan fingerprint density at radius 1 is 1.42 bits per heavy atom. The number of allylic oxidation sites excluding steroid dienone is 4. The summed E-state index contributed by atoms with van der Waals surface area (Å²) in [6.07, 6.45) is 11.4. The molecule has 0 aromatic rings. The van der Waals surface area contributed by atoms with Gasteiger partial charge in [0.15, 0.2) is 0 Å². The van der Waals surface area contributed by atoms with Gasteiger partial charge in [-0.2, -0.15) is 0 Å². The van der Waals surface area contributed by atoms with Crippen LogP contribution < -0.4 is 5.73 Å². The molecule has 0 aliphatic heterocycles. The minimum absolute atomic E-state index is 0.0340. The Labute approximate surface area is 118 Å². The van der Waals surface area contributed by atoms with Gasteiger partial charge in [0.05, 0.1) is 11.4 Å². The zero-order valence-electron chi connectivity index (χ0n) is 13.2. The maximum absolute atomic E-state index is 6.09. The van der Waals surface area contributed by atoms with Crippen molar-refractivity contribution in [1.29, 1.82) is 0 Å². The normalized spacial score (nSPS) is 24.6. The van der Waals surface area contributed by atoms with Gasteiger partial charge in [-0.05, 0) is 24.5 Å². The van der Waals surface area contributed by atoms with Crippen LogP contribution in [0.3, 0.4) is 0 Å². The first-order chi connectivity index (χ1) is 8.70. The predicted octanol–water partition coefficient (Wildman–Crippen LogP) is 4.45. The quantitative estimate of drug-likeness (QED) is 0.745. The van der Waals surface area contributed by atoms with Crippen LogP contribution in [0, 0.1) is 16.7 Å². The molecule has 1 atom stereocenters. The molecule has 2 nitrogen and oxygen atoms in total. The summed E-state index contributed by atoms with van der Waals surface area (Å²) in [6, 6.07) is 0. The molecule has 0 aromatic heterocycles. The maximum Gasteiger partial charge on any atom is 0.0823 e. The van der Waals surface area contributed by atoms with E-state index < -0.39 is 0 Å². The molecule has 1 rings (SSSR count). The van der Waals surface area contributed by atoms with Crippen molar-refractivity contribution in [1.82, 2.24) is 0 Å². The lowest BCUT2D eigenvalue weighted by molar-refractivity contribution is 0.373. The third-order valence-corrected chi connectivity index (χ3v) is 4.30. The second-order valence-electron chi connectivity index (χ2n) is 6.60. The third-order valence-electron chi connectivity index (χ3n) is 4.30. The number of rotatable bonds is 4. The molecular formula is C17H28N2. The van der Waals surface area contributed by atoms with Crippen LogP contribution in [-0.4, -0.2) is 6.21 Å². The van der Waals surface area contributed by atoms with Gasteiger partial charge in [0.1, 0.15) is 0 Å². The van der Waals surface area contributed by atoms with Crippen LogP contribution in [0.25, 0.3) is 0 Å². The van der Waals surface area contributed by atoms with Crippen molar-refractivity contribution < 1.29 is 0 Å². The lowest BCUT2D eigenvalue weighted by Crippen LogP contribution is -2.21. The zero-order chi connectivity index (χ0) is 14.7. The summed E-state index contributed by atoms with van der Waals surface area (Å²) in [5, 5.41) is 0. The van der Waals surface area contributed by atoms with Crippen LogP contribution in [0.1, 0.15) is 48.0 Å². The molecular weight excluding hydrogens is 232 g/mol. The van der Waals surface area contributed by atoms with Crippen LogP contribution in [0.5, 0.6) is 0 Å². The van der Waals surface area contributed by atoms with Crippen LogP contribution in [-0.2, 0) is 0 Å². The van der Waals surface area contributed by atoms with Gasteiger partial charge in [0, 0.05) is 17.0 Å². The monoisotopic (exact) mass is 260 g/mol. The number of hydrogen-bond acceptors (Lipinski definition) is 2. The summed E-state index contributed by atoms with van der Waals surface area (Å²) in [4.78, 5) is 4.66. The predicted molar refractivity (Wildman–Crippen MR) is 85.0 cm³/mol. The molecule has 2 N–H and O–H groups in total. The largest absolute Gasteiger partial charge is 0.397 e. The molecule has 19 heavy (non-hydrogen) atoms. The molecule has 1 aliphatic carbocycles. The highest BCUT2D eigenvalue weighted by atomic mass is 14.8. The van der Waals surface area contributed by atoms with E-state index in [1.54, 1.807) is 0 Å². The first-order valence-corrected chi connectivity index (χ1v) is 7.13. The molecule has 106 valence electrons. The first kappa shape index (κ1) is 15.7. The number of hydrogen-bond donors (Lipinski definition) is 1. The van der Waals surface area contributed by atoms with Gasteiger partial charge in [-0.1, -0.05) is 53.7 Å². The van der Waals surface area contributed by atoms with Crippen LogP contribution in [0.2, 0.25) is 0 Å². The van der Waals surface area contributed by atoms with E-state index >= 15 is 0 Å². The highest BCUT2D eigenvalue weighted by molar-refractivity contribution is 5.67. The summed E-state index contributed by atoms with van der Waals surface area (Å²) < 4.78 is 0. The zero-order valence-corrected chi connectivity index (χ0v) is 13.2. The average Bonchev–Trinajstić information content (AvgIpc) is 2.47. The molecule has 2 heteroatoms. The van der Waals surface area contributed by atoms with Gasteiger partial charge in [-0.3, -0.25) is 4.99 Å². The first-order valence-electron chi connectivity index (χ1n) is 7.13. The second-order valence-corrected chi connectivity index (χ2v) is 6.60.